The Hall–Kier alpha value is -0.690. The molecule has 0 radical (unpaired) electrons. The van der Waals surface area contributed by atoms with Gasteiger partial charge in [0.2, 0.25) is 0 Å². The minimum absolute atomic E-state index is 0.213. The van der Waals surface area contributed by atoms with Crippen molar-refractivity contribution in [1.82, 2.24) is 0 Å². The molecule has 0 fully saturated rings. The number of ether oxygens (including phenoxy) is 3. The third-order valence-electron chi connectivity index (χ3n) is 3.97. The second kappa shape index (κ2) is 15.6. The maximum Gasteiger partial charge on any atom is 0.132 e. The molecule has 0 bridgehead atoms. The number of nitrogens with zero attached hydrogens (tertiary/aromatic N) is 1. The largest absolute Gasteiger partial charge is 0.399 e. The monoisotopic (exact) mass is 361 g/mol. The molecule has 0 aromatic carbocycles. The molecule has 6 heteroatoms. The molecular weight excluding hydrogens is 322 g/mol. The molecule has 0 aromatic rings. The van der Waals surface area contributed by atoms with Crippen LogP contribution >= 0.6 is 0 Å². The van der Waals surface area contributed by atoms with Gasteiger partial charge >= 0.3 is 0 Å². The number of hydrogen-bond donors (Lipinski definition) is 1. The molecule has 0 aliphatic carbocycles. The van der Waals surface area contributed by atoms with Crippen LogP contribution in [0.4, 0.5) is 0 Å². The highest BCUT2D eigenvalue weighted by atomic mass is 16.6. The molecule has 0 aliphatic heterocycles. The van der Waals surface area contributed by atoms with E-state index >= 15 is 0 Å². The lowest BCUT2D eigenvalue weighted by Crippen LogP contribution is -2.53. The number of rotatable bonds is 17. The van der Waals surface area contributed by atoms with E-state index in [0.29, 0.717) is 19.8 Å². The second-order valence-corrected chi connectivity index (χ2v) is 6.44. The molecule has 0 saturated heterocycles. The zero-order valence-electron chi connectivity index (χ0n) is 16.8. The van der Waals surface area contributed by atoms with Crippen LogP contribution in [0.25, 0.3) is 0 Å². The van der Waals surface area contributed by atoms with Crippen molar-refractivity contribution in [2.24, 2.45) is 5.16 Å². The average molecular weight is 362 g/mol. The van der Waals surface area contributed by atoms with Gasteiger partial charge in [-0.05, 0) is 26.2 Å². The van der Waals surface area contributed by atoms with Gasteiger partial charge in [0.05, 0.1) is 12.8 Å². The van der Waals surface area contributed by atoms with Crippen molar-refractivity contribution in [2.75, 3.05) is 33.5 Å². The molecule has 150 valence electrons. The van der Waals surface area contributed by atoms with E-state index in [2.05, 4.69) is 25.9 Å². The van der Waals surface area contributed by atoms with E-state index in [0.717, 1.165) is 38.5 Å². The second-order valence-electron chi connectivity index (χ2n) is 6.44. The molecule has 0 heterocycles. The molecule has 0 saturated carbocycles. The van der Waals surface area contributed by atoms with Crippen LogP contribution in [-0.2, 0) is 19.0 Å². The Labute approximate surface area is 153 Å². The van der Waals surface area contributed by atoms with Gasteiger partial charge in [-0.2, -0.15) is 0 Å². The lowest BCUT2D eigenvalue weighted by Gasteiger charge is -2.37. The summed E-state index contributed by atoms with van der Waals surface area (Å²) in [7, 11) is 1.49. The molecule has 0 amide bonds. The topological polar surface area (TPSA) is 69.5 Å². The van der Waals surface area contributed by atoms with Crippen LogP contribution in [0.1, 0.15) is 66.2 Å². The van der Waals surface area contributed by atoms with Crippen molar-refractivity contribution in [1.29, 1.82) is 0 Å². The van der Waals surface area contributed by atoms with Gasteiger partial charge in [0, 0.05) is 19.8 Å². The van der Waals surface area contributed by atoms with Gasteiger partial charge in [-0.15, -0.1) is 0 Å². The Bertz CT molecular complexity index is 327. The van der Waals surface area contributed by atoms with Crippen molar-refractivity contribution >= 4 is 6.21 Å². The smallest absolute Gasteiger partial charge is 0.132 e. The van der Waals surface area contributed by atoms with Crippen molar-refractivity contribution in [2.45, 2.75) is 84.0 Å². The van der Waals surface area contributed by atoms with Gasteiger partial charge in [0.1, 0.15) is 24.9 Å². The number of aliphatic hydroxyl groups excluding tert-OH is 1. The number of aliphatic hydroxyl groups is 1. The fraction of sp³-hybridized carbons (Fsp3) is 0.947. The SMILES string of the molecule is CCCCOC[C@@H](O)[C@@H](OCCCC)[C@](C)(/C=N/OC)OCCCC. The van der Waals surface area contributed by atoms with Gasteiger partial charge in [0.15, 0.2) is 0 Å². The third kappa shape index (κ3) is 10.8. The van der Waals surface area contributed by atoms with E-state index in [4.69, 9.17) is 19.0 Å². The van der Waals surface area contributed by atoms with Crippen LogP contribution in [0.2, 0.25) is 0 Å². The third-order valence-corrected chi connectivity index (χ3v) is 3.97. The fourth-order valence-electron chi connectivity index (χ4n) is 2.34. The van der Waals surface area contributed by atoms with E-state index in [9.17, 15) is 5.11 Å². The summed E-state index contributed by atoms with van der Waals surface area (Å²) in [6.07, 6.45) is 6.15. The Morgan fingerprint density at radius 1 is 1.00 bits per heavy atom. The molecule has 0 aliphatic rings. The molecule has 0 unspecified atom stereocenters. The van der Waals surface area contributed by atoms with Crippen LogP contribution < -0.4 is 0 Å². The van der Waals surface area contributed by atoms with Crippen LogP contribution in [0.5, 0.6) is 0 Å². The Morgan fingerprint density at radius 3 is 2.20 bits per heavy atom. The average Bonchev–Trinajstić information content (AvgIpc) is 2.60. The normalized spacial score (nSPS) is 16.7. The highest BCUT2D eigenvalue weighted by Crippen LogP contribution is 2.22. The maximum absolute atomic E-state index is 10.7. The molecule has 0 rings (SSSR count). The molecular formula is C19H39NO5. The summed E-state index contributed by atoms with van der Waals surface area (Å²) in [5.74, 6) is 0. The number of hydrogen-bond acceptors (Lipinski definition) is 6. The van der Waals surface area contributed by atoms with Gasteiger partial charge in [-0.3, -0.25) is 0 Å². The van der Waals surface area contributed by atoms with E-state index in [1.807, 2.05) is 6.92 Å². The molecule has 0 aromatic heterocycles. The van der Waals surface area contributed by atoms with Crippen molar-refractivity contribution in [3.8, 4) is 0 Å². The van der Waals surface area contributed by atoms with E-state index < -0.39 is 17.8 Å². The minimum Gasteiger partial charge on any atom is -0.399 e. The Morgan fingerprint density at radius 2 is 1.60 bits per heavy atom. The zero-order chi connectivity index (χ0) is 19.0. The van der Waals surface area contributed by atoms with Crippen LogP contribution in [0.15, 0.2) is 5.16 Å². The van der Waals surface area contributed by atoms with Crippen molar-refractivity contribution < 1.29 is 24.2 Å². The van der Waals surface area contributed by atoms with Crippen molar-refractivity contribution in [3.05, 3.63) is 0 Å². The first-order valence-corrected chi connectivity index (χ1v) is 9.64. The van der Waals surface area contributed by atoms with Gasteiger partial charge < -0.3 is 24.2 Å². The summed E-state index contributed by atoms with van der Waals surface area (Å²) in [4.78, 5) is 4.83. The lowest BCUT2D eigenvalue weighted by molar-refractivity contribution is -0.154. The van der Waals surface area contributed by atoms with Gasteiger partial charge in [-0.25, -0.2) is 0 Å². The number of unbranched alkanes of at least 4 members (excludes halogenated alkanes) is 3. The standard InChI is InChI=1S/C19H39NO5/c1-6-9-12-23-15-17(21)18(24-13-10-7-2)19(4,16-20-22-5)25-14-11-8-3/h16-18,21H,6-15H2,1-5H3/b20-16+/t17-,18-,19+/m1/s1. The van der Waals surface area contributed by atoms with Gasteiger partial charge in [-0.1, -0.05) is 45.2 Å². The van der Waals surface area contributed by atoms with E-state index in [1.54, 1.807) is 6.21 Å². The highest BCUT2D eigenvalue weighted by molar-refractivity contribution is 5.68. The fourth-order valence-corrected chi connectivity index (χ4v) is 2.34. The summed E-state index contributed by atoms with van der Waals surface area (Å²) < 4.78 is 17.6. The summed E-state index contributed by atoms with van der Waals surface area (Å²) in [6, 6.07) is 0. The predicted molar refractivity (Wildman–Crippen MR) is 101 cm³/mol. The highest BCUT2D eigenvalue weighted by Gasteiger charge is 2.40. The lowest BCUT2D eigenvalue weighted by atomic mass is 9.95. The van der Waals surface area contributed by atoms with Crippen molar-refractivity contribution in [3.63, 3.8) is 0 Å². The van der Waals surface area contributed by atoms with E-state index in [1.165, 1.54) is 7.11 Å². The van der Waals surface area contributed by atoms with Crippen LogP contribution in [0, 0.1) is 0 Å². The first kappa shape index (κ1) is 24.3. The molecule has 25 heavy (non-hydrogen) atoms. The van der Waals surface area contributed by atoms with Gasteiger partial charge in [0.25, 0.3) is 0 Å². The molecule has 6 nitrogen and oxygen atoms in total. The van der Waals surface area contributed by atoms with Crippen LogP contribution in [0.3, 0.4) is 0 Å². The molecule has 1 N–H and O–H groups in total. The predicted octanol–water partition coefficient (Wildman–Crippen LogP) is 3.56. The number of oxime groups is 1. The Kier molecular flexibility index (Phi) is 15.1. The summed E-state index contributed by atoms with van der Waals surface area (Å²) in [6.45, 7) is 10.2. The van der Waals surface area contributed by atoms with E-state index in [-0.39, 0.29) is 6.61 Å². The summed E-state index contributed by atoms with van der Waals surface area (Å²) in [5, 5.41) is 14.5. The summed E-state index contributed by atoms with van der Waals surface area (Å²) in [5.41, 5.74) is -0.882. The summed E-state index contributed by atoms with van der Waals surface area (Å²) >= 11 is 0. The zero-order valence-corrected chi connectivity index (χ0v) is 16.8. The first-order chi connectivity index (χ1) is 12.1. The molecule has 3 atom stereocenters. The maximum atomic E-state index is 10.7. The first-order valence-electron chi connectivity index (χ1n) is 9.64. The minimum atomic E-state index is -0.882. The quantitative estimate of drug-likeness (QED) is 0.244. The Balaban J connectivity index is 5.04. The van der Waals surface area contributed by atoms with Crippen LogP contribution in [-0.4, -0.2) is 62.7 Å². The molecule has 0 spiro atoms.